The Bertz CT molecular complexity index is 522. The molecule has 3 N–H and O–H groups in total. The van der Waals surface area contributed by atoms with Crippen molar-refractivity contribution in [1.29, 1.82) is 0 Å². The average molecular weight is 227 g/mol. The van der Waals surface area contributed by atoms with Crippen molar-refractivity contribution in [3.63, 3.8) is 0 Å². The number of rotatable bonds is 2. The van der Waals surface area contributed by atoms with E-state index in [1.54, 1.807) is 0 Å². The number of nitrogens with two attached hydrogens (primary N) is 1. The summed E-state index contributed by atoms with van der Waals surface area (Å²) in [6, 6.07) is 2.73. The molecule has 6 heteroatoms. The zero-order valence-electron chi connectivity index (χ0n) is 8.10. The lowest BCUT2D eigenvalue weighted by Gasteiger charge is -2.00. The summed E-state index contributed by atoms with van der Waals surface area (Å²) in [6.07, 6.45) is 0. The molecule has 0 fully saturated rings. The summed E-state index contributed by atoms with van der Waals surface area (Å²) in [4.78, 5) is 0. The Morgan fingerprint density at radius 3 is 2.38 bits per heavy atom. The summed E-state index contributed by atoms with van der Waals surface area (Å²) < 4.78 is 39.0. The molecule has 0 spiro atoms. The first-order chi connectivity index (χ1) is 7.61. The highest BCUT2D eigenvalue weighted by Gasteiger charge is 2.13. The average Bonchev–Trinajstić information content (AvgIpc) is 2.71. The topological polar surface area (TPSA) is 54.7 Å². The first kappa shape index (κ1) is 10.7. The van der Waals surface area contributed by atoms with Crippen molar-refractivity contribution in [3.8, 4) is 11.3 Å². The molecule has 84 valence electrons. The van der Waals surface area contributed by atoms with Gasteiger partial charge in [0.05, 0.1) is 5.69 Å². The zero-order chi connectivity index (χ0) is 11.7. The summed E-state index contributed by atoms with van der Waals surface area (Å²) in [6.45, 7) is 0.207. The van der Waals surface area contributed by atoms with E-state index in [0.29, 0.717) is 11.8 Å². The molecule has 0 saturated carbocycles. The van der Waals surface area contributed by atoms with Crippen LogP contribution in [-0.4, -0.2) is 10.2 Å². The van der Waals surface area contributed by atoms with Crippen LogP contribution in [0.25, 0.3) is 11.3 Å². The van der Waals surface area contributed by atoms with Crippen LogP contribution in [0.2, 0.25) is 0 Å². The summed E-state index contributed by atoms with van der Waals surface area (Å²) in [5.74, 6) is -3.21. The fourth-order valence-corrected chi connectivity index (χ4v) is 1.32. The van der Waals surface area contributed by atoms with E-state index in [1.807, 2.05) is 0 Å². The van der Waals surface area contributed by atoms with Gasteiger partial charge in [-0.2, -0.15) is 5.10 Å². The van der Waals surface area contributed by atoms with Crippen LogP contribution in [0.4, 0.5) is 13.2 Å². The number of H-pyrrole nitrogens is 1. The summed E-state index contributed by atoms with van der Waals surface area (Å²) >= 11 is 0. The van der Waals surface area contributed by atoms with Crippen LogP contribution in [0.3, 0.4) is 0 Å². The second kappa shape index (κ2) is 3.97. The van der Waals surface area contributed by atoms with Crippen molar-refractivity contribution in [2.24, 2.45) is 5.73 Å². The van der Waals surface area contributed by atoms with E-state index in [4.69, 9.17) is 5.73 Å². The van der Waals surface area contributed by atoms with Gasteiger partial charge in [-0.05, 0) is 12.1 Å². The second-order valence-corrected chi connectivity index (χ2v) is 3.23. The van der Waals surface area contributed by atoms with E-state index in [2.05, 4.69) is 10.2 Å². The van der Waals surface area contributed by atoms with Gasteiger partial charge in [-0.25, -0.2) is 13.2 Å². The van der Waals surface area contributed by atoms with E-state index >= 15 is 0 Å². The minimum absolute atomic E-state index is 0.102. The number of halogens is 3. The molecule has 0 radical (unpaired) electrons. The van der Waals surface area contributed by atoms with Gasteiger partial charge in [-0.3, -0.25) is 5.10 Å². The molecule has 0 atom stereocenters. The predicted octanol–water partition coefficient (Wildman–Crippen LogP) is 1.95. The van der Waals surface area contributed by atoms with Crippen molar-refractivity contribution >= 4 is 0 Å². The summed E-state index contributed by atoms with van der Waals surface area (Å²) in [5.41, 5.74) is 6.01. The van der Waals surface area contributed by atoms with E-state index in [0.717, 1.165) is 6.07 Å². The monoisotopic (exact) mass is 227 g/mol. The van der Waals surface area contributed by atoms with Gasteiger partial charge in [0.1, 0.15) is 5.82 Å². The van der Waals surface area contributed by atoms with Crippen LogP contribution in [0.15, 0.2) is 18.2 Å². The van der Waals surface area contributed by atoms with Gasteiger partial charge in [0, 0.05) is 23.9 Å². The van der Waals surface area contributed by atoms with Crippen LogP contribution in [0.1, 0.15) is 5.69 Å². The van der Waals surface area contributed by atoms with E-state index in [1.165, 1.54) is 6.07 Å². The molecule has 0 amide bonds. The second-order valence-electron chi connectivity index (χ2n) is 3.23. The van der Waals surface area contributed by atoms with Crippen molar-refractivity contribution in [2.75, 3.05) is 0 Å². The molecular formula is C10H8F3N3. The molecule has 1 heterocycles. The Balaban J connectivity index is 2.51. The molecule has 16 heavy (non-hydrogen) atoms. The fourth-order valence-electron chi connectivity index (χ4n) is 1.32. The van der Waals surface area contributed by atoms with Crippen molar-refractivity contribution < 1.29 is 13.2 Å². The predicted molar refractivity (Wildman–Crippen MR) is 51.8 cm³/mol. The Kier molecular flexibility index (Phi) is 2.66. The SMILES string of the molecule is NCc1cc(-c2cc(F)c(F)cc2F)n[nH]1. The van der Waals surface area contributed by atoms with Gasteiger partial charge in [0.2, 0.25) is 0 Å². The normalized spacial score (nSPS) is 10.8. The molecule has 3 nitrogen and oxygen atoms in total. The maximum Gasteiger partial charge on any atom is 0.161 e. The number of hydrogen-bond donors (Lipinski definition) is 2. The maximum absolute atomic E-state index is 13.3. The highest BCUT2D eigenvalue weighted by atomic mass is 19.2. The van der Waals surface area contributed by atoms with Crippen LogP contribution in [0, 0.1) is 17.5 Å². The molecule has 0 aliphatic heterocycles. The Morgan fingerprint density at radius 1 is 1.06 bits per heavy atom. The van der Waals surface area contributed by atoms with Crippen molar-refractivity contribution in [1.82, 2.24) is 10.2 Å². The minimum atomic E-state index is -1.23. The Labute approximate surface area is 89.1 Å². The van der Waals surface area contributed by atoms with Crippen LogP contribution in [0.5, 0.6) is 0 Å². The lowest BCUT2D eigenvalue weighted by atomic mass is 10.1. The smallest absolute Gasteiger partial charge is 0.161 e. The van der Waals surface area contributed by atoms with Crippen molar-refractivity contribution in [3.05, 3.63) is 41.3 Å². The van der Waals surface area contributed by atoms with E-state index in [9.17, 15) is 13.2 Å². The number of benzene rings is 1. The summed E-state index contributed by atoms with van der Waals surface area (Å²) in [5, 5.41) is 6.31. The number of aromatic nitrogens is 2. The Hall–Kier alpha value is -1.82. The van der Waals surface area contributed by atoms with Crippen LogP contribution >= 0.6 is 0 Å². The third-order valence-corrected chi connectivity index (χ3v) is 2.14. The van der Waals surface area contributed by atoms with Crippen LogP contribution < -0.4 is 5.73 Å². The molecule has 0 aliphatic carbocycles. The van der Waals surface area contributed by atoms with E-state index < -0.39 is 17.5 Å². The van der Waals surface area contributed by atoms with Gasteiger partial charge in [0.15, 0.2) is 11.6 Å². The molecule has 1 aromatic heterocycles. The molecular weight excluding hydrogens is 219 g/mol. The van der Waals surface area contributed by atoms with Gasteiger partial charge >= 0.3 is 0 Å². The number of nitrogens with zero attached hydrogens (tertiary/aromatic N) is 1. The van der Waals surface area contributed by atoms with Gasteiger partial charge in [0.25, 0.3) is 0 Å². The number of hydrogen-bond acceptors (Lipinski definition) is 2. The van der Waals surface area contributed by atoms with E-state index in [-0.39, 0.29) is 17.8 Å². The van der Waals surface area contributed by atoms with Gasteiger partial charge in [-0.15, -0.1) is 0 Å². The lowest BCUT2D eigenvalue weighted by molar-refractivity contribution is 0.496. The largest absolute Gasteiger partial charge is 0.325 e. The summed E-state index contributed by atoms with van der Waals surface area (Å²) in [7, 11) is 0. The first-order valence-electron chi connectivity index (χ1n) is 4.51. The standard InChI is InChI=1S/C10H8F3N3/c11-7-3-9(13)8(12)2-6(7)10-1-5(4-14)15-16-10/h1-3H,4,14H2,(H,15,16). The molecule has 0 saturated heterocycles. The Morgan fingerprint density at radius 2 is 1.75 bits per heavy atom. The molecule has 2 rings (SSSR count). The maximum atomic E-state index is 13.3. The van der Waals surface area contributed by atoms with Gasteiger partial charge in [-0.1, -0.05) is 0 Å². The lowest BCUT2D eigenvalue weighted by Crippen LogP contribution is -1.95. The first-order valence-corrected chi connectivity index (χ1v) is 4.51. The third kappa shape index (κ3) is 1.79. The number of nitrogens with one attached hydrogen (secondary N) is 1. The highest BCUT2D eigenvalue weighted by Crippen LogP contribution is 2.23. The van der Waals surface area contributed by atoms with Gasteiger partial charge < -0.3 is 5.73 Å². The fraction of sp³-hybridized carbons (Fsp3) is 0.100. The van der Waals surface area contributed by atoms with Crippen LogP contribution in [-0.2, 0) is 6.54 Å². The van der Waals surface area contributed by atoms with Crippen molar-refractivity contribution in [2.45, 2.75) is 6.54 Å². The third-order valence-electron chi connectivity index (χ3n) is 2.14. The minimum Gasteiger partial charge on any atom is -0.325 e. The zero-order valence-corrected chi connectivity index (χ0v) is 8.10. The number of aromatic amines is 1. The quantitative estimate of drug-likeness (QED) is 0.770. The molecule has 1 aromatic carbocycles. The molecule has 0 aliphatic rings. The molecule has 0 bridgehead atoms. The molecule has 2 aromatic rings. The highest BCUT2D eigenvalue weighted by molar-refractivity contribution is 5.60. The molecule has 0 unspecified atom stereocenters.